The molecule has 0 fully saturated rings. The fourth-order valence-corrected chi connectivity index (χ4v) is 0.250. The van der Waals surface area contributed by atoms with Crippen LogP contribution >= 0.6 is 0 Å². The molecule has 0 aliphatic rings. The van der Waals surface area contributed by atoms with Crippen LogP contribution in [0, 0.1) is 0 Å². The van der Waals surface area contributed by atoms with E-state index in [1.807, 2.05) is 0 Å². The highest BCUT2D eigenvalue weighted by molar-refractivity contribution is 4.27. The third-order valence-corrected chi connectivity index (χ3v) is 0.500. The Morgan fingerprint density at radius 1 is 1.17 bits per heavy atom. The van der Waals surface area contributed by atoms with Gasteiger partial charge in [-0.25, -0.2) is 0 Å². The first-order chi connectivity index (χ1) is 2.41. The van der Waals surface area contributed by atoms with Gasteiger partial charge in [0.15, 0.2) is 0 Å². The molecule has 0 radical (unpaired) electrons. The van der Waals surface area contributed by atoms with E-state index in [0.29, 0.717) is 0 Å². The van der Waals surface area contributed by atoms with Gasteiger partial charge in [-0.2, -0.15) is 0 Å². The van der Waals surface area contributed by atoms with E-state index in [9.17, 15) is 0 Å². The van der Waals surface area contributed by atoms with Crippen LogP contribution in [0.1, 0.15) is 13.8 Å². The van der Waals surface area contributed by atoms with Crippen LogP contribution in [0.4, 0.5) is 4.70 Å². The van der Waals surface area contributed by atoms with Crippen molar-refractivity contribution in [3.63, 3.8) is 0 Å². The maximum absolute atomic E-state index is 3.11. The van der Waals surface area contributed by atoms with Crippen LogP contribution in [-0.4, -0.2) is 13.1 Å². The van der Waals surface area contributed by atoms with Crippen LogP contribution in [0.2, 0.25) is 0 Å². The third-order valence-electron chi connectivity index (χ3n) is 0.500. The molecule has 0 amide bonds. The zero-order chi connectivity index (χ0) is 4.12. The van der Waals surface area contributed by atoms with Gasteiger partial charge in [-0.05, 0) is 13.1 Å². The summed E-state index contributed by atoms with van der Waals surface area (Å²) < 4.78 is 0. The zero-order valence-electron chi connectivity index (χ0n) is 4.32. The van der Waals surface area contributed by atoms with Crippen LogP contribution in [0.25, 0.3) is 0 Å². The van der Waals surface area contributed by atoms with Crippen molar-refractivity contribution < 1.29 is 4.70 Å². The van der Waals surface area contributed by atoms with Gasteiger partial charge in [0.05, 0.1) is 0 Å². The molecule has 1 nitrogen and oxygen atoms in total. The fraction of sp³-hybridized carbons (Fsp3) is 1.00. The Morgan fingerprint density at radius 3 is 1.50 bits per heavy atom. The molecule has 0 bridgehead atoms. The second-order valence-corrected chi connectivity index (χ2v) is 0.957. The number of hydrogen-bond donors (Lipinski definition) is 1. The highest BCUT2D eigenvalue weighted by Gasteiger charge is 1.62. The van der Waals surface area contributed by atoms with E-state index in [4.69, 9.17) is 0 Å². The summed E-state index contributed by atoms with van der Waals surface area (Å²) in [6.07, 6.45) is 0. The van der Waals surface area contributed by atoms with E-state index in [1.54, 1.807) is 0 Å². The van der Waals surface area contributed by atoms with Gasteiger partial charge in [-0.1, -0.05) is 13.8 Å². The molecule has 0 heterocycles. The second-order valence-electron chi connectivity index (χ2n) is 0.957. The van der Waals surface area contributed by atoms with E-state index in [2.05, 4.69) is 19.2 Å². The lowest BCUT2D eigenvalue weighted by atomic mass is 10.7. The predicted molar refractivity (Wildman–Crippen MR) is 26.7 cm³/mol. The zero-order valence-corrected chi connectivity index (χ0v) is 4.32. The van der Waals surface area contributed by atoms with E-state index in [-0.39, 0.29) is 4.70 Å². The smallest absolute Gasteiger partial charge is 0.00775 e. The first-order valence-electron chi connectivity index (χ1n) is 2.12. The molecule has 2 heteroatoms. The van der Waals surface area contributed by atoms with Gasteiger partial charge in [0, 0.05) is 0 Å². The van der Waals surface area contributed by atoms with Gasteiger partial charge in [-0.15, -0.1) is 0 Å². The third kappa shape index (κ3) is 9.10. The summed E-state index contributed by atoms with van der Waals surface area (Å²) in [7, 11) is 0. The van der Waals surface area contributed by atoms with Crippen LogP contribution in [0.15, 0.2) is 0 Å². The van der Waals surface area contributed by atoms with E-state index in [0.717, 1.165) is 13.1 Å². The van der Waals surface area contributed by atoms with Crippen molar-refractivity contribution in [3.05, 3.63) is 0 Å². The highest BCUT2D eigenvalue weighted by atomic mass is 19.0. The fourth-order valence-electron chi connectivity index (χ4n) is 0.250. The lowest BCUT2D eigenvalue weighted by Crippen LogP contribution is -2.09. The maximum atomic E-state index is 3.11. The van der Waals surface area contributed by atoms with E-state index < -0.39 is 0 Å². The summed E-state index contributed by atoms with van der Waals surface area (Å²) in [6, 6.07) is 0. The standard InChI is InChI=1S/C4H11N.FH/c1-3-5-4-2;/h5H,3-4H2,1-2H3;1H. The summed E-state index contributed by atoms with van der Waals surface area (Å²) in [5.41, 5.74) is 0. The van der Waals surface area contributed by atoms with Crippen molar-refractivity contribution in [1.82, 2.24) is 5.32 Å². The number of hydrogen-bond acceptors (Lipinski definition) is 1. The molecule has 0 rings (SSSR count). The number of rotatable bonds is 2. The molecule has 0 spiro atoms. The van der Waals surface area contributed by atoms with Gasteiger partial charge < -0.3 is 5.32 Å². The van der Waals surface area contributed by atoms with Gasteiger partial charge in [0.1, 0.15) is 0 Å². The first kappa shape index (κ1) is 9.31. The van der Waals surface area contributed by atoms with Gasteiger partial charge >= 0.3 is 0 Å². The van der Waals surface area contributed by atoms with Crippen molar-refractivity contribution in [2.24, 2.45) is 0 Å². The second kappa shape index (κ2) is 8.86. The van der Waals surface area contributed by atoms with Crippen LogP contribution < -0.4 is 5.32 Å². The Hall–Kier alpha value is -0.110. The van der Waals surface area contributed by atoms with Gasteiger partial charge in [-0.3, -0.25) is 4.70 Å². The highest BCUT2D eigenvalue weighted by Crippen LogP contribution is 1.47. The molecule has 0 unspecified atom stereocenters. The Labute approximate surface area is 38.1 Å². The molecule has 0 saturated carbocycles. The van der Waals surface area contributed by atoms with E-state index >= 15 is 0 Å². The molecule has 0 aromatic carbocycles. The van der Waals surface area contributed by atoms with Crippen molar-refractivity contribution in [1.29, 1.82) is 0 Å². The monoisotopic (exact) mass is 93.1 g/mol. The molecule has 0 aliphatic carbocycles. The minimum absolute atomic E-state index is 0. The van der Waals surface area contributed by atoms with Crippen molar-refractivity contribution in [2.45, 2.75) is 13.8 Å². The minimum atomic E-state index is 0. The Kier molecular flexibility index (Phi) is 13.7. The van der Waals surface area contributed by atoms with Crippen LogP contribution in [0.3, 0.4) is 0 Å². The van der Waals surface area contributed by atoms with Gasteiger partial charge in [0.2, 0.25) is 0 Å². The molecule has 40 valence electrons. The molecule has 0 saturated heterocycles. The average Bonchev–Trinajstić information content (AvgIpc) is 1.41. The molecule has 0 aliphatic heterocycles. The Bertz CT molecular complexity index is 15.0. The SMILES string of the molecule is CCNCC.F. The number of halogens is 1. The lowest BCUT2D eigenvalue weighted by molar-refractivity contribution is 0.762. The molecule has 0 aromatic heterocycles. The average molecular weight is 93.1 g/mol. The molecule has 1 N–H and O–H groups in total. The van der Waals surface area contributed by atoms with E-state index in [1.165, 1.54) is 0 Å². The summed E-state index contributed by atoms with van der Waals surface area (Å²) in [6.45, 7) is 6.39. The summed E-state index contributed by atoms with van der Waals surface area (Å²) >= 11 is 0. The Morgan fingerprint density at radius 2 is 1.50 bits per heavy atom. The largest absolute Gasteiger partial charge is 0.317 e. The summed E-state index contributed by atoms with van der Waals surface area (Å²) in [4.78, 5) is 0. The summed E-state index contributed by atoms with van der Waals surface area (Å²) in [5, 5.41) is 3.11. The topological polar surface area (TPSA) is 12.0 Å². The first-order valence-corrected chi connectivity index (χ1v) is 2.12. The van der Waals surface area contributed by atoms with Crippen molar-refractivity contribution in [2.75, 3.05) is 13.1 Å². The summed E-state index contributed by atoms with van der Waals surface area (Å²) in [5.74, 6) is 0. The Balaban J connectivity index is 0. The number of nitrogens with one attached hydrogen (secondary N) is 1. The molecule has 0 aromatic rings. The van der Waals surface area contributed by atoms with Crippen molar-refractivity contribution in [3.8, 4) is 0 Å². The van der Waals surface area contributed by atoms with Gasteiger partial charge in [0.25, 0.3) is 0 Å². The minimum Gasteiger partial charge on any atom is -0.317 e. The molecular weight excluding hydrogens is 81.0 g/mol. The predicted octanol–water partition coefficient (Wildman–Crippen LogP) is 0.768. The van der Waals surface area contributed by atoms with Crippen LogP contribution in [-0.2, 0) is 0 Å². The molecular formula is C4H12FN. The maximum Gasteiger partial charge on any atom is -0.00775 e. The molecule has 6 heavy (non-hydrogen) atoms. The lowest BCUT2D eigenvalue weighted by Gasteiger charge is -1.86. The normalized spacial score (nSPS) is 7.00. The van der Waals surface area contributed by atoms with Crippen LogP contribution in [0.5, 0.6) is 0 Å². The van der Waals surface area contributed by atoms with Crippen molar-refractivity contribution >= 4 is 0 Å². The quantitative estimate of drug-likeness (QED) is 0.531. The molecule has 0 atom stereocenters.